The molecule has 12 nitrogen and oxygen atoms in total. The fourth-order valence-corrected chi connectivity index (χ4v) is 5.22. The van der Waals surface area contributed by atoms with E-state index in [1.807, 2.05) is 12.1 Å². The molecule has 1 atom stereocenters. The van der Waals surface area contributed by atoms with Crippen molar-refractivity contribution in [2.24, 2.45) is 0 Å². The van der Waals surface area contributed by atoms with Crippen LogP contribution < -0.4 is 16.0 Å². The lowest BCUT2D eigenvalue weighted by atomic mass is 10.1. The highest BCUT2D eigenvalue weighted by atomic mass is 79.9. The highest BCUT2D eigenvalue weighted by Gasteiger charge is 2.22. The zero-order valence-corrected chi connectivity index (χ0v) is 24.4. The number of nitrogens with zero attached hydrogens (tertiary/aromatic N) is 5. The summed E-state index contributed by atoms with van der Waals surface area (Å²) < 4.78 is 6.90. The van der Waals surface area contributed by atoms with Gasteiger partial charge in [0, 0.05) is 40.1 Å². The number of aromatic nitrogens is 6. The molecular weight excluding hydrogens is 614 g/mol. The summed E-state index contributed by atoms with van der Waals surface area (Å²) in [5.74, 6) is 0.355. The van der Waals surface area contributed by atoms with Crippen LogP contribution in [0.3, 0.4) is 0 Å². The molecule has 5 rings (SSSR count). The maximum absolute atomic E-state index is 13.1. The van der Waals surface area contributed by atoms with Crippen LogP contribution in [0.15, 0.2) is 53.4 Å². The summed E-state index contributed by atoms with van der Waals surface area (Å²) in [7, 11) is 1.32. The molecule has 212 valence electrons. The molecule has 0 aliphatic carbocycles. The summed E-state index contributed by atoms with van der Waals surface area (Å²) in [6.07, 6.45) is 7.56. The van der Waals surface area contributed by atoms with Gasteiger partial charge >= 0.3 is 6.09 Å². The van der Waals surface area contributed by atoms with Gasteiger partial charge in [-0.15, -0.1) is 5.10 Å². The first-order chi connectivity index (χ1) is 19.9. The average molecular weight is 641 g/mol. The monoisotopic (exact) mass is 639 g/mol. The molecule has 3 heterocycles. The second-order valence-electron chi connectivity index (χ2n) is 9.29. The summed E-state index contributed by atoms with van der Waals surface area (Å²) in [6, 6.07) is 10.4. The number of H-pyrrole nitrogens is 1. The Bertz CT molecular complexity index is 1570. The third-order valence-electron chi connectivity index (χ3n) is 6.52. The Labute approximate surface area is 249 Å². The molecule has 4 aromatic rings. The van der Waals surface area contributed by atoms with Crippen LogP contribution >= 0.6 is 27.5 Å². The topological polar surface area (TPSA) is 152 Å². The van der Waals surface area contributed by atoms with E-state index in [9.17, 15) is 9.59 Å². The third-order valence-corrected chi connectivity index (χ3v) is 7.32. The van der Waals surface area contributed by atoms with Gasteiger partial charge in [-0.25, -0.2) is 9.78 Å². The number of hydrogen-bond acceptors (Lipinski definition) is 8. The Morgan fingerprint density at radius 2 is 2.07 bits per heavy atom. The Kier molecular flexibility index (Phi) is 8.95. The van der Waals surface area contributed by atoms with Crippen molar-refractivity contribution in [1.29, 1.82) is 0 Å². The fraction of sp³-hybridized carbons (Fsp3) is 0.259. The molecule has 2 aromatic heterocycles. The molecule has 1 unspecified atom stereocenters. The lowest BCUT2D eigenvalue weighted by Crippen LogP contribution is -2.28. The van der Waals surface area contributed by atoms with Crippen LogP contribution in [0.4, 0.5) is 16.2 Å². The van der Waals surface area contributed by atoms with Crippen molar-refractivity contribution >= 4 is 57.0 Å². The zero-order valence-electron chi connectivity index (χ0n) is 22.0. The number of methoxy groups -OCH3 is 1. The first-order valence-electron chi connectivity index (χ1n) is 12.9. The third kappa shape index (κ3) is 6.92. The number of halogens is 2. The van der Waals surface area contributed by atoms with E-state index in [1.165, 1.54) is 24.2 Å². The first-order valence-corrected chi connectivity index (χ1v) is 14.1. The van der Waals surface area contributed by atoms with Gasteiger partial charge in [0.25, 0.3) is 0 Å². The standard InChI is InChI=1S/C27H27BrClN9O3/c1-41-27(40)32-18-8-9-19-21(14-18)30-12-4-2-3-5-20(26-34-24(19)25(28)35-26)33-23(39)11-6-16-13-17(29)7-10-22(16)38-15-31-36-37-38/h6-11,13-15,20,30H,2-5,12H2,1H3,(H,32,40)(H,33,39)(H,34,35). The van der Waals surface area contributed by atoms with E-state index in [2.05, 4.69) is 52.4 Å². The zero-order chi connectivity index (χ0) is 28.8. The summed E-state index contributed by atoms with van der Waals surface area (Å²) in [5, 5.41) is 21.1. The van der Waals surface area contributed by atoms with Gasteiger partial charge in [-0.05, 0) is 81.7 Å². The van der Waals surface area contributed by atoms with Crippen molar-refractivity contribution in [3.63, 3.8) is 0 Å². The van der Waals surface area contributed by atoms with Crippen molar-refractivity contribution in [2.75, 3.05) is 24.3 Å². The van der Waals surface area contributed by atoms with E-state index in [4.69, 9.17) is 21.3 Å². The van der Waals surface area contributed by atoms with Crippen molar-refractivity contribution < 1.29 is 14.3 Å². The Morgan fingerprint density at radius 1 is 1.20 bits per heavy atom. The molecule has 0 spiro atoms. The van der Waals surface area contributed by atoms with E-state index >= 15 is 0 Å². The minimum atomic E-state index is -0.545. The normalized spacial score (nSPS) is 15.2. The second kappa shape index (κ2) is 13.0. The highest BCUT2D eigenvalue weighted by molar-refractivity contribution is 9.10. The van der Waals surface area contributed by atoms with Crippen molar-refractivity contribution in [1.82, 2.24) is 35.5 Å². The van der Waals surface area contributed by atoms with Crippen molar-refractivity contribution in [3.8, 4) is 16.9 Å². The SMILES string of the molecule is COC(=O)Nc1ccc2c(c1)NCCCCCC(NC(=O)C=Cc1cc(Cl)ccc1-n1cnnn1)c1nc-2c(Br)[nH]1. The number of fused-ring (bicyclic) bond motifs is 4. The van der Waals surface area contributed by atoms with Gasteiger partial charge in [0.05, 0.1) is 18.8 Å². The number of hydrogen-bond donors (Lipinski definition) is 4. The maximum atomic E-state index is 13.1. The Morgan fingerprint density at radius 3 is 2.88 bits per heavy atom. The molecule has 1 aliphatic rings. The summed E-state index contributed by atoms with van der Waals surface area (Å²) in [6.45, 7) is 0.743. The number of tetrazole rings is 1. The van der Waals surface area contributed by atoms with Crippen molar-refractivity contribution in [3.05, 3.63) is 69.8 Å². The summed E-state index contributed by atoms with van der Waals surface area (Å²) in [4.78, 5) is 33.0. The van der Waals surface area contributed by atoms with Crippen LogP contribution in [0.1, 0.15) is 43.1 Å². The Balaban J connectivity index is 1.39. The van der Waals surface area contributed by atoms with Crippen LogP contribution in [0.25, 0.3) is 23.0 Å². The minimum Gasteiger partial charge on any atom is -0.453 e. The maximum Gasteiger partial charge on any atom is 0.411 e. The quantitative estimate of drug-likeness (QED) is 0.209. The highest BCUT2D eigenvalue weighted by Crippen LogP contribution is 2.36. The summed E-state index contributed by atoms with van der Waals surface area (Å²) in [5.41, 5.74) is 4.32. The lowest BCUT2D eigenvalue weighted by Gasteiger charge is -2.17. The molecule has 0 radical (unpaired) electrons. The number of carbonyl (C=O) groups is 2. The molecule has 14 heteroatoms. The number of rotatable bonds is 5. The summed E-state index contributed by atoms with van der Waals surface area (Å²) >= 11 is 9.82. The van der Waals surface area contributed by atoms with Gasteiger partial charge in [-0.2, -0.15) is 4.68 Å². The number of carbonyl (C=O) groups excluding carboxylic acids is 2. The number of anilines is 2. The average Bonchev–Trinajstić information content (AvgIpc) is 3.63. The molecule has 2 aromatic carbocycles. The van der Waals surface area contributed by atoms with E-state index in [-0.39, 0.29) is 11.9 Å². The van der Waals surface area contributed by atoms with Crippen LogP contribution in [-0.4, -0.2) is 55.8 Å². The van der Waals surface area contributed by atoms with Gasteiger partial charge < -0.3 is 20.4 Å². The van der Waals surface area contributed by atoms with Gasteiger partial charge in [-0.1, -0.05) is 24.4 Å². The number of benzene rings is 2. The lowest BCUT2D eigenvalue weighted by molar-refractivity contribution is -0.117. The molecule has 0 saturated carbocycles. The number of imidazole rings is 1. The molecule has 0 fully saturated rings. The molecule has 1 aliphatic heterocycles. The molecule has 2 amide bonds. The van der Waals surface area contributed by atoms with E-state index < -0.39 is 6.09 Å². The van der Waals surface area contributed by atoms with Crippen molar-refractivity contribution in [2.45, 2.75) is 31.7 Å². The van der Waals surface area contributed by atoms with Crippen LogP contribution in [0.2, 0.25) is 5.02 Å². The molecule has 4 N–H and O–H groups in total. The number of aromatic amines is 1. The largest absolute Gasteiger partial charge is 0.453 e. The molecule has 2 bridgehead atoms. The Hall–Kier alpha value is -4.23. The van der Waals surface area contributed by atoms with Gasteiger partial charge in [0.2, 0.25) is 5.91 Å². The second-order valence-corrected chi connectivity index (χ2v) is 10.5. The minimum absolute atomic E-state index is 0.278. The van der Waals surface area contributed by atoms with E-state index in [0.717, 1.165) is 37.1 Å². The van der Waals surface area contributed by atoms with Gasteiger partial charge in [-0.3, -0.25) is 10.1 Å². The number of amides is 2. The number of nitrogens with one attached hydrogen (secondary N) is 4. The van der Waals surface area contributed by atoms with Gasteiger partial charge in [0.1, 0.15) is 22.4 Å². The molecule has 0 saturated heterocycles. The van der Waals surface area contributed by atoms with Gasteiger partial charge in [0.15, 0.2) is 0 Å². The fourth-order valence-electron chi connectivity index (χ4n) is 4.53. The van der Waals surface area contributed by atoms with E-state index in [1.54, 1.807) is 30.3 Å². The van der Waals surface area contributed by atoms with Crippen LogP contribution in [-0.2, 0) is 9.53 Å². The smallest absolute Gasteiger partial charge is 0.411 e. The van der Waals surface area contributed by atoms with Crippen LogP contribution in [0, 0.1) is 0 Å². The molecule has 41 heavy (non-hydrogen) atoms. The first kappa shape index (κ1) is 28.3. The molecular formula is C27H27BrClN9O3. The van der Waals surface area contributed by atoms with E-state index in [0.29, 0.717) is 44.5 Å². The number of ether oxygens (including phenoxy) is 1. The predicted octanol–water partition coefficient (Wildman–Crippen LogP) is 5.50. The predicted molar refractivity (Wildman–Crippen MR) is 159 cm³/mol. The van der Waals surface area contributed by atoms with Crippen LogP contribution in [0.5, 0.6) is 0 Å².